The molecule has 1 N–H and O–H groups in total. The molecule has 0 amide bonds. The summed E-state index contributed by atoms with van der Waals surface area (Å²) >= 11 is 0. The lowest BCUT2D eigenvalue weighted by atomic mass is 10.1. The van der Waals surface area contributed by atoms with E-state index in [1.54, 1.807) is 36.4 Å². The summed E-state index contributed by atoms with van der Waals surface area (Å²) in [7, 11) is 0. The zero-order valence-electron chi connectivity index (χ0n) is 9.95. The molecule has 0 fully saturated rings. The van der Waals surface area contributed by atoms with Crippen molar-refractivity contribution in [3.63, 3.8) is 0 Å². The number of rotatable bonds is 3. The number of Topliss-reactive ketones (excluding diaryl/α,β-unsaturated/α-hetero) is 1. The van der Waals surface area contributed by atoms with Crippen LogP contribution < -0.4 is 5.49 Å². The molecule has 1 heterocycles. The van der Waals surface area contributed by atoms with Gasteiger partial charge in [0.05, 0.1) is 5.69 Å². The van der Waals surface area contributed by atoms with Crippen LogP contribution in [-0.2, 0) is 6.54 Å². The Hall–Kier alpha value is -2.43. The van der Waals surface area contributed by atoms with E-state index in [0.717, 1.165) is 5.69 Å². The van der Waals surface area contributed by atoms with Crippen LogP contribution in [0.2, 0.25) is 0 Å². The Morgan fingerprint density at radius 3 is 2.67 bits per heavy atom. The van der Waals surface area contributed by atoms with E-state index in [1.807, 2.05) is 13.0 Å². The van der Waals surface area contributed by atoms with E-state index in [9.17, 15) is 4.79 Å². The standard InChI is InChI=1S/C13H13N3O2/c1-10-7-8-13(15-18)16(14-10)9-12(17)11-5-3-2-4-6-11/h2-8,18H,9H2,1H3. The van der Waals surface area contributed by atoms with Crippen molar-refractivity contribution in [3.05, 3.63) is 59.2 Å². The fourth-order valence-corrected chi connectivity index (χ4v) is 1.61. The number of hydrogen-bond acceptors (Lipinski definition) is 4. The smallest absolute Gasteiger partial charge is 0.188 e. The number of carbonyl (C=O) groups excluding carboxylic acids is 1. The second-order valence-corrected chi connectivity index (χ2v) is 3.88. The zero-order valence-corrected chi connectivity index (χ0v) is 9.95. The molecular formula is C13H13N3O2. The molecule has 1 aromatic carbocycles. The first-order valence-electron chi connectivity index (χ1n) is 5.52. The summed E-state index contributed by atoms with van der Waals surface area (Å²) in [5, 5.41) is 16.1. The fourth-order valence-electron chi connectivity index (χ4n) is 1.61. The molecule has 0 aliphatic rings. The van der Waals surface area contributed by atoms with Crippen LogP contribution in [0, 0.1) is 6.92 Å². The molecule has 5 heteroatoms. The third-order valence-electron chi connectivity index (χ3n) is 2.51. The summed E-state index contributed by atoms with van der Waals surface area (Å²) in [5.74, 6) is -0.0800. The lowest BCUT2D eigenvalue weighted by molar-refractivity contribution is 0.0964. The molecule has 5 nitrogen and oxygen atoms in total. The minimum atomic E-state index is -0.0800. The quantitative estimate of drug-likeness (QED) is 0.503. The molecule has 92 valence electrons. The van der Waals surface area contributed by atoms with Gasteiger partial charge in [0.2, 0.25) is 0 Å². The Bertz CT molecular complexity index is 618. The highest BCUT2D eigenvalue weighted by Crippen LogP contribution is 2.01. The molecule has 0 bridgehead atoms. The molecule has 2 rings (SSSR count). The van der Waals surface area contributed by atoms with Gasteiger partial charge in [0, 0.05) is 5.56 Å². The van der Waals surface area contributed by atoms with E-state index < -0.39 is 0 Å². The Morgan fingerprint density at radius 1 is 1.28 bits per heavy atom. The van der Waals surface area contributed by atoms with Crippen molar-refractivity contribution in [2.24, 2.45) is 5.16 Å². The van der Waals surface area contributed by atoms with Crippen molar-refractivity contribution in [2.75, 3.05) is 0 Å². The van der Waals surface area contributed by atoms with Gasteiger partial charge in [0.15, 0.2) is 11.3 Å². The minimum absolute atomic E-state index is 0.0467. The molecule has 0 saturated heterocycles. The number of aryl methyl sites for hydroxylation is 1. The van der Waals surface area contributed by atoms with Gasteiger partial charge in [-0.05, 0) is 19.1 Å². The number of hydrogen-bond donors (Lipinski definition) is 1. The maximum absolute atomic E-state index is 12.0. The fraction of sp³-hybridized carbons (Fsp3) is 0.154. The lowest BCUT2D eigenvalue weighted by Crippen LogP contribution is -2.27. The molecular weight excluding hydrogens is 230 g/mol. The molecule has 2 aromatic rings. The molecule has 0 atom stereocenters. The van der Waals surface area contributed by atoms with Crippen LogP contribution in [-0.4, -0.2) is 20.8 Å². The topological polar surface area (TPSA) is 67.5 Å². The Balaban J connectivity index is 2.30. The maximum Gasteiger partial charge on any atom is 0.188 e. The van der Waals surface area contributed by atoms with Crippen molar-refractivity contribution in [3.8, 4) is 0 Å². The third-order valence-corrected chi connectivity index (χ3v) is 2.51. The highest BCUT2D eigenvalue weighted by Gasteiger charge is 2.07. The minimum Gasteiger partial charge on any atom is -0.409 e. The number of nitrogens with zero attached hydrogens (tertiary/aromatic N) is 3. The van der Waals surface area contributed by atoms with Gasteiger partial charge in [0.25, 0.3) is 0 Å². The van der Waals surface area contributed by atoms with Crippen LogP contribution in [0.25, 0.3) is 0 Å². The van der Waals surface area contributed by atoms with Gasteiger partial charge in [-0.2, -0.15) is 5.10 Å². The molecule has 0 spiro atoms. The molecule has 0 unspecified atom stereocenters. The lowest BCUT2D eigenvalue weighted by Gasteiger charge is -2.05. The normalized spacial score (nSPS) is 11.5. The summed E-state index contributed by atoms with van der Waals surface area (Å²) in [4.78, 5) is 12.0. The third kappa shape index (κ3) is 2.63. The predicted octanol–water partition coefficient (Wildman–Crippen LogP) is 1.36. The zero-order chi connectivity index (χ0) is 13.0. The number of benzene rings is 1. The Labute approximate surface area is 104 Å². The molecule has 0 aliphatic heterocycles. The van der Waals surface area contributed by atoms with E-state index in [-0.39, 0.29) is 17.8 Å². The SMILES string of the molecule is Cc1ccc(=NO)n(CC(=O)c2ccccc2)n1. The van der Waals surface area contributed by atoms with E-state index >= 15 is 0 Å². The van der Waals surface area contributed by atoms with Gasteiger partial charge in [-0.15, -0.1) is 0 Å². The van der Waals surface area contributed by atoms with Crippen molar-refractivity contribution in [2.45, 2.75) is 13.5 Å². The molecule has 0 aliphatic carbocycles. The summed E-state index contributed by atoms with van der Waals surface area (Å²) < 4.78 is 1.38. The molecule has 0 radical (unpaired) electrons. The predicted molar refractivity (Wildman–Crippen MR) is 65.1 cm³/mol. The molecule has 0 saturated carbocycles. The monoisotopic (exact) mass is 243 g/mol. The maximum atomic E-state index is 12.0. The number of carbonyl (C=O) groups is 1. The molecule has 18 heavy (non-hydrogen) atoms. The van der Waals surface area contributed by atoms with Crippen LogP contribution in [0.3, 0.4) is 0 Å². The van der Waals surface area contributed by atoms with Gasteiger partial charge in [-0.1, -0.05) is 35.5 Å². The number of ketones is 1. The van der Waals surface area contributed by atoms with Crippen LogP contribution in [0.15, 0.2) is 47.6 Å². The number of aromatic nitrogens is 2. The first kappa shape index (κ1) is 12.0. The van der Waals surface area contributed by atoms with Gasteiger partial charge < -0.3 is 5.21 Å². The van der Waals surface area contributed by atoms with E-state index in [0.29, 0.717) is 5.56 Å². The summed E-state index contributed by atoms with van der Waals surface area (Å²) in [5.41, 5.74) is 1.62. The van der Waals surface area contributed by atoms with Crippen molar-refractivity contribution in [1.82, 2.24) is 9.78 Å². The van der Waals surface area contributed by atoms with Crippen LogP contribution >= 0.6 is 0 Å². The van der Waals surface area contributed by atoms with E-state index in [4.69, 9.17) is 5.21 Å². The highest BCUT2D eigenvalue weighted by atomic mass is 16.4. The van der Waals surface area contributed by atoms with Crippen molar-refractivity contribution < 1.29 is 10.0 Å². The van der Waals surface area contributed by atoms with Crippen molar-refractivity contribution >= 4 is 5.78 Å². The first-order valence-corrected chi connectivity index (χ1v) is 5.52. The largest absolute Gasteiger partial charge is 0.409 e. The van der Waals surface area contributed by atoms with Crippen LogP contribution in [0.4, 0.5) is 0 Å². The second-order valence-electron chi connectivity index (χ2n) is 3.88. The molecule has 1 aromatic heterocycles. The van der Waals surface area contributed by atoms with E-state index in [1.165, 1.54) is 4.68 Å². The highest BCUT2D eigenvalue weighted by molar-refractivity contribution is 5.95. The van der Waals surface area contributed by atoms with Crippen LogP contribution in [0.1, 0.15) is 16.1 Å². The van der Waals surface area contributed by atoms with Gasteiger partial charge >= 0.3 is 0 Å². The summed E-state index contributed by atoms with van der Waals surface area (Å²) in [6.07, 6.45) is 0. The van der Waals surface area contributed by atoms with E-state index in [2.05, 4.69) is 10.3 Å². The van der Waals surface area contributed by atoms with Gasteiger partial charge in [0.1, 0.15) is 6.54 Å². The van der Waals surface area contributed by atoms with Gasteiger partial charge in [-0.25, -0.2) is 4.68 Å². The Kier molecular flexibility index (Phi) is 3.52. The average Bonchev–Trinajstić information content (AvgIpc) is 2.40. The average molecular weight is 243 g/mol. The summed E-state index contributed by atoms with van der Waals surface area (Å²) in [6, 6.07) is 12.3. The Morgan fingerprint density at radius 2 is 2.00 bits per heavy atom. The first-order chi connectivity index (χ1) is 8.70. The summed E-state index contributed by atoms with van der Waals surface area (Å²) in [6.45, 7) is 1.86. The second kappa shape index (κ2) is 5.27. The van der Waals surface area contributed by atoms with Crippen LogP contribution in [0.5, 0.6) is 0 Å². The van der Waals surface area contributed by atoms with Gasteiger partial charge in [-0.3, -0.25) is 4.79 Å². The van der Waals surface area contributed by atoms with Crippen molar-refractivity contribution in [1.29, 1.82) is 0 Å².